The average molecular weight is 401 g/mol. The number of esters is 1. The number of phenolic OH excluding ortho intramolecular Hbond substituents is 1. The number of aromatic hydroxyl groups is 1. The Morgan fingerprint density at radius 3 is 2.59 bits per heavy atom. The maximum atomic E-state index is 12.4. The highest BCUT2D eigenvalue weighted by molar-refractivity contribution is 5.87. The van der Waals surface area contributed by atoms with Crippen molar-refractivity contribution in [3.8, 4) is 5.75 Å². The van der Waals surface area contributed by atoms with Crippen LogP contribution in [0.2, 0.25) is 0 Å². The van der Waals surface area contributed by atoms with Crippen molar-refractivity contribution >= 4 is 12.0 Å². The Morgan fingerprint density at radius 1 is 1.24 bits per heavy atom. The van der Waals surface area contributed by atoms with E-state index in [9.17, 15) is 15.2 Å². The maximum absolute atomic E-state index is 12.4. The lowest BCUT2D eigenvalue weighted by atomic mass is 9.79. The lowest BCUT2D eigenvalue weighted by Gasteiger charge is -2.32. The standard InChI is InChI=1S/C24H32O5/c1-17-6-5-7-18(2)22(29-27)16-24(3,4)15-21(14-17)28-23(26)13-10-19-8-11-20(25)12-9-19/h6,8-13,21-22,25,27H,2,5,7,14-16H2,1,3-4H3/t21-,22-/m0/s1. The second kappa shape index (κ2) is 10.4. The largest absolute Gasteiger partial charge is 0.508 e. The summed E-state index contributed by atoms with van der Waals surface area (Å²) in [5.41, 5.74) is 2.63. The third kappa shape index (κ3) is 7.87. The zero-order valence-corrected chi connectivity index (χ0v) is 17.6. The molecule has 0 radical (unpaired) electrons. The van der Waals surface area contributed by atoms with Crippen molar-refractivity contribution in [3.63, 3.8) is 0 Å². The summed E-state index contributed by atoms with van der Waals surface area (Å²) in [4.78, 5) is 17.1. The zero-order valence-electron chi connectivity index (χ0n) is 17.6. The Kier molecular flexibility index (Phi) is 8.23. The van der Waals surface area contributed by atoms with Gasteiger partial charge in [0.1, 0.15) is 18.0 Å². The lowest BCUT2D eigenvalue weighted by Crippen LogP contribution is -2.30. The molecule has 1 aliphatic carbocycles. The van der Waals surface area contributed by atoms with E-state index in [1.54, 1.807) is 30.3 Å². The van der Waals surface area contributed by atoms with Crippen LogP contribution < -0.4 is 0 Å². The molecule has 2 rings (SSSR count). The van der Waals surface area contributed by atoms with Crippen LogP contribution >= 0.6 is 0 Å². The number of carbonyl (C=O) groups excluding carboxylic acids is 1. The van der Waals surface area contributed by atoms with Gasteiger partial charge >= 0.3 is 5.97 Å². The van der Waals surface area contributed by atoms with Crippen LogP contribution in [0, 0.1) is 5.41 Å². The van der Waals surface area contributed by atoms with Gasteiger partial charge in [0.25, 0.3) is 0 Å². The molecule has 0 bridgehead atoms. The number of hydrogen-bond acceptors (Lipinski definition) is 5. The smallest absolute Gasteiger partial charge is 0.331 e. The molecule has 0 aliphatic heterocycles. The van der Waals surface area contributed by atoms with Gasteiger partial charge in [-0.2, -0.15) is 0 Å². The van der Waals surface area contributed by atoms with Gasteiger partial charge in [0.2, 0.25) is 0 Å². The molecule has 2 atom stereocenters. The summed E-state index contributed by atoms with van der Waals surface area (Å²) in [6, 6.07) is 6.59. The van der Waals surface area contributed by atoms with Gasteiger partial charge in [0.15, 0.2) is 0 Å². The molecule has 0 unspecified atom stereocenters. The van der Waals surface area contributed by atoms with Gasteiger partial charge in [-0.05, 0) is 67.4 Å². The van der Waals surface area contributed by atoms with E-state index in [4.69, 9.17) is 9.62 Å². The van der Waals surface area contributed by atoms with Crippen molar-refractivity contribution in [2.75, 3.05) is 0 Å². The van der Waals surface area contributed by atoms with Crippen LogP contribution in [0.4, 0.5) is 0 Å². The SMILES string of the molecule is C=C1CCC=C(C)C[C@H](OC(=O)C=Cc2ccc(O)cc2)CC(C)(C)C[C@@H]1OO. The van der Waals surface area contributed by atoms with Gasteiger partial charge in [0.05, 0.1) is 0 Å². The molecule has 0 fully saturated rings. The van der Waals surface area contributed by atoms with Crippen LogP contribution in [0.1, 0.15) is 58.4 Å². The van der Waals surface area contributed by atoms with E-state index in [-0.39, 0.29) is 17.3 Å². The molecule has 158 valence electrons. The highest BCUT2D eigenvalue weighted by Gasteiger charge is 2.31. The van der Waals surface area contributed by atoms with Crippen molar-refractivity contribution in [3.05, 3.63) is 59.7 Å². The monoisotopic (exact) mass is 400 g/mol. The molecular weight excluding hydrogens is 368 g/mol. The molecule has 0 heterocycles. The fraction of sp³-hybridized carbons (Fsp3) is 0.458. The van der Waals surface area contributed by atoms with Crippen molar-refractivity contribution in [2.24, 2.45) is 5.41 Å². The number of carbonyl (C=O) groups is 1. The summed E-state index contributed by atoms with van der Waals surface area (Å²) < 4.78 is 5.77. The first-order valence-electron chi connectivity index (χ1n) is 10.00. The van der Waals surface area contributed by atoms with Gasteiger partial charge in [-0.15, -0.1) is 0 Å². The van der Waals surface area contributed by atoms with Crippen molar-refractivity contribution in [1.29, 1.82) is 0 Å². The molecule has 5 nitrogen and oxygen atoms in total. The molecule has 1 aromatic rings. The molecular formula is C24H32O5. The van der Waals surface area contributed by atoms with Gasteiger partial charge in [-0.1, -0.05) is 44.2 Å². The van der Waals surface area contributed by atoms with Crippen molar-refractivity contribution in [1.82, 2.24) is 0 Å². The van der Waals surface area contributed by atoms with E-state index in [2.05, 4.69) is 26.5 Å². The fourth-order valence-corrected chi connectivity index (χ4v) is 3.67. The Balaban J connectivity index is 2.11. The first-order chi connectivity index (χ1) is 13.7. The number of benzene rings is 1. The molecule has 0 spiro atoms. The Hall–Kier alpha value is -2.37. The second-order valence-electron chi connectivity index (χ2n) is 8.60. The van der Waals surface area contributed by atoms with Gasteiger partial charge in [0, 0.05) is 12.5 Å². The minimum absolute atomic E-state index is 0.180. The summed E-state index contributed by atoms with van der Waals surface area (Å²) in [5, 5.41) is 18.7. The quantitative estimate of drug-likeness (QED) is 0.224. The van der Waals surface area contributed by atoms with Gasteiger partial charge in [-0.3, -0.25) is 5.26 Å². The molecule has 1 aromatic carbocycles. The topological polar surface area (TPSA) is 76.0 Å². The molecule has 0 aromatic heterocycles. The highest BCUT2D eigenvalue weighted by Crippen LogP contribution is 2.35. The zero-order chi connectivity index (χ0) is 21.4. The molecule has 0 saturated heterocycles. The number of phenols is 1. The number of rotatable bonds is 4. The molecule has 2 N–H and O–H groups in total. The van der Waals surface area contributed by atoms with Crippen LogP contribution in [-0.4, -0.2) is 28.5 Å². The van der Waals surface area contributed by atoms with Gasteiger partial charge < -0.3 is 9.84 Å². The van der Waals surface area contributed by atoms with Crippen LogP contribution in [0.5, 0.6) is 5.75 Å². The maximum Gasteiger partial charge on any atom is 0.331 e. The number of ether oxygens (including phenoxy) is 1. The number of hydrogen-bond donors (Lipinski definition) is 2. The third-order valence-electron chi connectivity index (χ3n) is 5.20. The fourth-order valence-electron chi connectivity index (χ4n) is 3.67. The summed E-state index contributed by atoms with van der Waals surface area (Å²) in [6.45, 7) is 10.3. The minimum atomic E-state index is -0.428. The van der Waals surface area contributed by atoms with E-state index < -0.39 is 12.1 Å². The van der Waals surface area contributed by atoms with E-state index in [1.807, 2.05) is 6.92 Å². The van der Waals surface area contributed by atoms with E-state index in [0.717, 1.165) is 29.6 Å². The van der Waals surface area contributed by atoms with Crippen LogP contribution in [0.3, 0.4) is 0 Å². The van der Waals surface area contributed by atoms with E-state index >= 15 is 0 Å². The predicted octanol–water partition coefficient (Wildman–Crippen LogP) is 5.67. The highest BCUT2D eigenvalue weighted by atomic mass is 17.1. The summed E-state index contributed by atoms with van der Waals surface area (Å²) in [6.07, 6.45) is 7.97. The predicted molar refractivity (Wildman–Crippen MR) is 114 cm³/mol. The molecule has 5 heteroatoms. The van der Waals surface area contributed by atoms with Crippen LogP contribution in [0.15, 0.2) is 54.1 Å². The summed E-state index contributed by atoms with van der Waals surface area (Å²) in [7, 11) is 0. The lowest BCUT2D eigenvalue weighted by molar-refractivity contribution is -0.274. The van der Waals surface area contributed by atoms with E-state index in [1.165, 1.54) is 6.08 Å². The van der Waals surface area contributed by atoms with Crippen LogP contribution in [-0.2, 0) is 14.4 Å². The molecule has 29 heavy (non-hydrogen) atoms. The summed E-state index contributed by atoms with van der Waals surface area (Å²) >= 11 is 0. The Labute approximate surface area is 173 Å². The van der Waals surface area contributed by atoms with E-state index in [0.29, 0.717) is 19.3 Å². The number of allylic oxidation sites excluding steroid dienone is 1. The van der Waals surface area contributed by atoms with Crippen molar-refractivity contribution in [2.45, 2.75) is 65.1 Å². The summed E-state index contributed by atoms with van der Waals surface area (Å²) in [5.74, 6) is -0.222. The molecule has 0 amide bonds. The average Bonchev–Trinajstić information content (AvgIpc) is 2.66. The van der Waals surface area contributed by atoms with Crippen LogP contribution in [0.25, 0.3) is 6.08 Å². The minimum Gasteiger partial charge on any atom is -0.508 e. The second-order valence-corrected chi connectivity index (χ2v) is 8.60. The molecule has 1 aliphatic rings. The third-order valence-corrected chi connectivity index (χ3v) is 5.20. The first kappa shape index (κ1) is 22.9. The Bertz CT molecular complexity index is 758. The van der Waals surface area contributed by atoms with Crippen molar-refractivity contribution < 1.29 is 24.8 Å². The normalized spacial score (nSPS) is 23.3. The first-order valence-corrected chi connectivity index (χ1v) is 10.00. The molecule has 0 saturated carbocycles. The van der Waals surface area contributed by atoms with Gasteiger partial charge in [-0.25, -0.2) is 9.68 Å². The Morgan fingerprint density at radius 2 is 1.93 bits per heavy atom.